The van der Waals surface area contributed by atoms with Crippen LogP contribution in [-0.2, 0) is 19.6 Å². The quantitative estimate of drug-likeness (QED) is 0.595. The van der Waals surface area contributed by atoms with Gasteiger partial charge in [0, 0.05) is 11.4 Å². The van der Waals surface area contributed by atoms with Gasteiger partial charge >= 0.3 is 0 Å². The molecule has 0 radical (unpaired) electrons. The van der Waals surface area contributed by atoms with Crippen LogP contribution in [0.1, 0.15) is 17.8 Å². The Bertz CT molecular complexity index is 1160. The Kier molecular flexibility index (Phi) is 4.08. The molecule has 154 valence electrons. The first-order chi connectivity index (χ1) is 14.2. The monoisotopic (exact) mass is 424 g/mol. The molecule has 2 aromatic rings. The van der Waals surface area contributed by atoms with Crippen LogP contribution in [-0.4, -0.2) is 30.2 Å². The van der Waals surface area contributed by atoms with E-state index >= 15 is 0 Å². The Balaban J connectivity index is 1.39. The normalized spacial score (nSPS) is 27.1. The molecule has 2 bridgehead atoms. The van der Waals surface area contributed by atoms with Gasteiger partial charge in [-0.2, -0.15) is 0 Å². The number of hydrogen-bond donors (Lipinski definition) is 1. The van der Waals surface area contributed by atoms with Crippen molar-refractivity contribution in [3.8, 4) is 0 Å². The van der Waals surface area contributed by atoms with Gasteiger partial charge in [0.15, 0.2) is 0 Å². The van der Waals surface area contributed by atoms with Crippen LogP contribution in [0.2, 0.25) is 0 Å². The number of aryl methyl sites for hydroxylation is 2. The molecule has 1 saturated carbocycles. The highest BCUT2D eigenvalue weighted by Gasteiger charge is 2.59. The minimum Gasteiger partial charge on any atom is -0.274 e. The summed E-state index contributed by atoms with van der Waals surface area (Å²) in [6.07, 6.45) is 4.94. The van der Waals surface area contributed by atoms with Crippen molar-refractivity contribution in [3.63, 3.8) is 0 Å². The number of nitrogens with one attached hydrogen (secondary N) is 1. The predicted octanol–water partition coefficient (Wildman–Crippen LogP) is 2.21. The summed E-state index contributed by atoms with van der Waals surface area (Å²) >= 11 is 0. The van der Waals surface area contributed by atoms with Crippen molar-refractivity contribution >= 4 is 33.5 Å². The number of rotatable bonds is 4. The molecule has 5 rings (SSSR count). The Morgan fingerprint density at radius 2 is 1.47 bits per heavy atom. The minimum absolute atomic E-state index is 0.00252. The molecule has 2 amide bonds. The Hall–Kier alpha value is -3.07. The molecule has 9 heteroatoms. The molecule has 1 aromatic carbocycles. The number of sulfonamides is 1. The van der Waals surface area contributed by atoms with E-state index in [1.54, 1.807) is 19.9 Å². The van der Waals surface area contributed by atoms with E-state index in [4.69, 9.17) is 0 Å². The molecule has 1 saturated heterocycles. The van der Waals surface area contributed by atoms with Crippen LogP contribution in [0.5, 0.6) is 0 Å². The van der Waals surface area contributed by atoms with Crippen LogP contribution in [0.3, 0.4) is 0 Å². The summed E-state index contributed by atoms with van der Waals surface area (Å²) in [6.45, 7) is 3.50. The average molecular weight is 424 g/mol. The Labute approximate surface area is 174 Å². The van der Waals surface area contributed by atoms with Crippen LogP contribution >= 0.6 is 0 Å². The number of hydrogen-bond acceptors (Lipinski definition) is 6. The van der Waals surface area contributed by atoms with Gasteiger partial charge in [-0.05, 0) is 62.4 Å². The van der Waals surface area contributed by atoms with Gasteiger partial charge in [-0.25, -0.2) is 23.1 Å². The van der Waals surface area contributed by atoms with E-state index in [1.165, 1.54) is 29.2 Å². The first kappa shape index (κ1) is 18.9. The number of fused-ring (bicyclic) bond motifs is 5. The van der Waals surface area contributed by atoms with Crippen LogP contribution in [0.4, 0.5) is 11.6 Å². The molecule has 2 heterocycles. The molecule has 2 aliphatic carbocycles. The standard InChI is InChI=1S/C21H20N4O4S/c1-11-9-12(2)23-21(22-11)24-30(28,29)16-7-5-15(6-8-16)25-19(26)17-13-3-4-14(10-13)18(17)20(25)27/h3-9,13-14,17-18H,10H2,1-2H3,(H,22,23,24)/t13-,14-,17-,18+/m1/s1. The van der Waals surface area contributed by atoms with Crippen molar-refractivity contribution in [1.82, 2.24) is 9.97 Å². The van der Waals surface area contributed by atoms with Gasteiger partial charge in [0.05, 0.1) is 22.4 Å². The zero-order valence-corrected chi connectivity index (χ0v) is 17.3. The summed E-state index contributed by atoms with van der Waals surface area (Å²) in [5.41, 5.74) is 1.69. The van der Waals surface area contributed by atoms with E-state index in [0.29, 0.717) is 17.1 Å². The predicted molar refractivity (Wildman–Crippen MR) is 109 cm³/mol. The molecule has 0 unspecified atom stereocenters. The first-order valence-corrected chi connectivity index (χ1v) is 11.2. The van der Waals surface area contributed by atoms with E-state index < -0.39 is 10.0 Å². The van der Waals surface area contributed by atoms with Crippen molar-refractivity contribution in [2.45, 2.75) is 25.2 Å². The second-order valence-electron chi connectivity index (χ2n) is 8.09. The molecular weight excluding hydrogens is 404 g/mol. The van der Waals surface area contributed by atoms with E-state index in [0.717, 1.165) is 6.42 Å². The lowest BCUT2D eigenvalue weighted by atomic mass is 9.85. The van der Waals surface area contributed by atoms with Gasteiger partial charge in [-0.15, -0.1) is 0 Å². The van der Waals surface area contributed by atoms with Crippen molar-refractivity contribution in [3.05, 3.63) is 53.9 Å². The van der Waals surface area contributed by atoms with Gasteiger partial charge in [0.25, 0.3) is 10.0 Å². The van der Waals surface area contributed by atoms with Crippen molar-refractivity contribution in [2.75, 3.05) is 9.62 Å². The third-order valence-corrected chi connectivity index (χ3v) is 7.43. The Morgan fingerprint density at radius 3 is 2.00 bits per heavy atom. The topological polar surface area (TPSA) is 109 Å². The zero-order valence-electron chi connectivity index (χ0n) is 16.4. The van der Waals surface area contributed by atoms with Gasteiger partial charge < -0.3 is 0 Å². The van der Waals surface area contributed by atoms with Gasteiger partial charge in [0.1, 0.15) is 0 Å². The smallest absolute Gasteiger partial charge is 0.264 e. The Morgan fingerprint density at radius 1 is 0.933 bits per heavy atom. The van der Waals surface area contributed by atoms with Gasteiger partial charge in [-0.1, -0.05) is 12.2 Å². The number of carbonyl (C=O) groups excluding carboxylic acids is 2. The molecular formula is C21H20N4O4S. The molecule has 8 nitrogen and oxygen atoms in total. The molecule has 30 heavy (non-hydrogen) atoms. The maximum atomic E-state index is 12.9. The van der Waals surface area contributed by atoms with E-state index in [2.05, 4.69) is 14.7 Å². The summed E-state index contributed by atoms with van der Waals surface area (Å²) < 4.78 is 27.8. The lowest BCUT2D eigenvalue weighted by molar-refractivity contribution is -0.123. The van der Waals surface area contributed by atoms with E-state index in [1.807, 2.05) is 12.2 Å². The number of nitrogens with zero attached hydrogens (tertiary/aromatic N) is 3. The van der Waals surface area contributed by atoms with Crippen LogP contribution in [0.15, 0.2) is 47.4 Å². The molecule has 3 aliphatic rings. The average Bonchev–Trinajstić information content (AvgIpc) is 3.34. The maximum Gasteiger partial charge on any atom is 0.264 e. The summed E-state index contributed by atoms with van der Waals surface area (Å²) in [4.78, 5) is 35.2. The number of benzene rings is 1. The van der Waals surface area contributed by atoms with Crippen molar-refractivity contribution < 1.29 is 18.0 Å². The molecule has 4 atom stereocenters. The van der Waals surface area contributed by atoms with Crippen LogP contribution in [0, 0.1) is 37.5 Å². The van der Waals surface area contributed by atoms with Gasteiger partial charge in [-0.3, -0.25) is 14.5 Å². The summed E-state index contributed by atoms with van der Waals surface area (Å²) in [5.74, 6) is -0.722. The number of amides is 2. The highest BCUT2D eigenvalue weighted by Crippen LogP contribution is 2.53. The number of aromatic nitrogens is 2. The second-order valence-corrected chi connectivity index (χ2v) is 9.77. The van der Waals surface area contributed by atoms with Crippen molar-refractivity contribution in [1.29, 1.82) is 0 Å². The molecule has 1 aliphatic heterocycles. The highest BCUT2D eigenvalue weighted by molar-refractivity contribution is 7.92. The van der Waals surface area contributed by atoms with Gasteiger partial charge in [0.2, 0.25) is 17.8 Å². The summed E-state index contributed by atoms with van der Waals surface area (Å²) in [5, 5.41) is 0. The SMILES string of the molecule is Cc1cc(C)nc(NS(=O)(=O)c2ccc(N3C(=O)[C@@H]4[C@H](C3=O)[C@@H]3C=C[C@@H]4C3)cc2)n1. The number of imide groups is 1. The van der Waals surface area contributed by atoms with E-state index in [-0.39, 0.29) is 46.3 Å². The fraction of sp³-hybridized carbons (Fsp3) is 0.333. The summed E-state index contributed by atoms with van der Waals surface area (Å²) in [7, 11) is -3.91. The molecule has 2 fully saturated rings. The van der Waals surface area contributed by atoms with Crippen molar-refractivity contribution in [2.24, 2.45) is 23.7 Å². The third kappa shape index (κ3) is 2.84. The highest BCUT2D eigenvalue weighted by atomic mass is 32.2. The van der Waals surface area contributed by atoms with Crippen LogP contribution in [0.25, 0.3) is 0 Å². The molecule has 1 aromatic heterocycles. The summed E-state index contributed by atoms with van der Waals surface area (Å²) in [6, 6.07) is 7.48. The first-order valence-electron chi connectivity index (χ1n) is 9.76. The fourth-order valence-electron chi connectivity index (χ4n) is 4.88. The largest absolute Gasteiger partial charge is 0.274 e. The third-order valence-electron chi connectivity index (χ3n) is 6.08. The number of anilines is 2. The number of allylic oxidation sites excluding steroid dienone is 2. The maximum absolute atomic E-state index is 12.9. The lowest BCUT2D eigenvalue weighted by Crippen LogP contribution is -2.32. The second kappa shape index (κ2) is 6.46. The number of carbonyl (C=O) groups is 2. The van der Waals surface area contributed by atoms with E-state index in [9.17, 15) is 18.0 Å². The molecule has 0 spiro atoms. The zero-order chi connectivity index (χ0) is 21.2. The fourth-order valence-corrected chi connectivity index (χ4v) is 5.83. The molecule has 1 N–H and O–H groups in total. The minimum atomic E-state index is -3.91. The van der Waals surface area contributed by atoms with Crippen LogP contribution < -0.4 is 9.62 Å². The lowest BCUT2D eigenvalue weighted by Gasteiger charge is -2.17.